The monoisotopic (exact) mass is 540 g/mol. The van der Waals surface area contributed by atoms with Gasteiger partial charge in [0.25, 0.3) is 11.8 Å². The maximum absolute atomic E-state index is 13.3. The summed E-state index contributed by atoms with van der Waals surface area (Å²) in [6.07, 6.45) is 1.70. The molecular weight excluding hydrogens is 512 g/mol. The maximum atomic E-state index is 13.3. The van der Waals surface area contributed by atoms with E-state index in [9.17, 15) is 14.4 Å². The van der Waals surface area contributed by atoms with Gasteiger partial charge in [0.05, 0.1) is 30.2 Å². The number of amides is 3. The Hall–Kier alpha value is -3.57. The van der Waals surface area contributed by atoms with Gasteiger partial charge in [-0.05, 0) is 48.9 Å². The second-order valence-corrected chi connectivity index (χ2v) is 10.8. The molecule has 1 N–H and O–H groups in total. The van der Waals surface area contributed by atoms with Crippen LogP contribution in [0.2, 0.25) is 0 Å². The van der Waals surface area contributed by atoms with Crippen molar-refractivity contribution in [1.82, 2.24) is 14.8 Å². The molecule has 0 unspecified atom stereocenters. The molecule has 37 heavy (non-hydrogen) atoms. The molecule has 0 saturated carbocycles. The van der Waals surface area contributed by atoms with Gasteiger partial charge in [-0.2, -0.15) is 0 Å². The summed E-state index contributed by atoms with van der Waals surface area (Å²) >= 11 is 2.83. The summed E-state index contributed by atoms with van der Waals surface area (Å²) in [5.41, 5.74) is 1.94. The van der Waals surface area contributed by atoms with Crippen molar-refractivity contribution in [2.75, 3.05) is 45.7 Å². The van der Waals surface area contributed by atoms with Crippen LogP contribution in [0.3, 0.4) is 0 Å². The number of piperazine rings is 1. The number of benzene rings is 2. The first kappa shape index (κ1) is 26.5. The Morgan fingerprint density at radius 2 is 1.68 bits per heavy atom. The second kappa shape index (κ2) is 11.7. The smallest absolute Gasteiger partial charge is 0.257 e. The van der Waals surface area contributed by atoms with E-state index in [2.05, 4.69) is 10.3 Å². The molecule has 2 heterocycles. The summed E-state index contributed by atoms with van der Waals surface area (Å²) in [6, 6.07) is 10.5. The van der Waals surface area contributed by atoms with Crippen LogP contribution >= 0.6 is 23.1 Å². The Kier molecular flexibility index (Phi) is 8.34. The average molecular weight is 541 g/mol. The number of thiazole rings is 1. The van der Waals surface area contributed by atoms with Crippen LogP contribution in [0.25, 0.3) is 0 Å². The standard InChI is InChI=1S/C26H28N4O5S2/c1-16-13-21(35-4)20(25(33)30-11-9-29(10-12-30)17(2)31)14-22(16)36-23-15-27-26(37-23)28-24(32)18-5-7-19(34-3)8-6-18/h5-8,13-15H,9-12H2,1-4H3,(H,27,28,32). The minimum atomic E-state index is -0.257. The van der Waals surface area contributed by atoms with Crippen LogP contribution in [0.5, 0.6) is 11.5 Å². The van der Waals surface area contributed by atoms with Gasteiger partial charge in [-0.15, -0.1) is 0 Å². The molecule has 0 bridgehead atoms. The molecule has 0 atom stereocenters. The number of aryl methyl sites for hydroxylation is 1. The third-order valence-electron chi connectivity index (χ3n) is 6.01. The number of carbonyl (C=O) groups is 3. The first-order valence-corrected chi connectivity index (χ1v) is 13.2. The molecule has 0 spiro atoms. The Bertz CT molecular complexity index is 1300. The largest absolute Gasteiger partial charge is 0.497 e. The Labute approximate surface area is 223 Å². The summed E-state index contributed by atoms with van der Waals surface area (Å²) in [5, 5.41) is 3.31. The zero-order valence-corrected chi connectivity index (χ0v) is 22.7. The summed E-state index contributed by atoms with van der Waals surface area (Å²) in [7, 11) is 3.12. The Balaban J connectivity index is 1.47. The molecule has 3 aromatic rings. The first-order valence-electron chi connectivity index (χ1n) is 11.6. The minimum absolute atomic E-state index is 0.0165. The summed E-state index contributed by atoms with van der Waals surface area (Å²) < 4.78 is 11.5. The molecule has 1 aliphatic rings. The predicted octanol–water partition coefficient (Wildman–Crippen LogP) is 4.18. The maximum Gasteiger partial charge on any atom is 0.257 e. The highest BCUT2D eigenvalue weighted by Crippen LogP contribution is 2.38. The number of aromatic nitrogens is 1. The first-order chi connectivity index (χ1) is 17.8. The van der Waals surface area contributed by atoms with Gasteiger partial charge in [-0.1, -0.05) is 23.1 Å². The van der Waals surface area contributed by atoms with Crippen molar-refractivity contribution in [2.24, 2.45) is 0 Å². The minimum Gasteiger partial charge on any atom is -0.497 e. The summed E-state index contributed by atoms with van der Waals surface area (Å²) in [5.74, 6) is 0.821. The van der Waals surface area contributed by atoms with Gasteiger partial charge < -0.3 is 19.3 Å². The van der Waals surface area contributed by atoms with E-state index < -0.39 is 0 Å². The van der Waals surface area contributed by atoms with Crippen molar-refractivity contribution in [2.45, 2.75) is 23.0 Å². The number of hydrogen-bond donors (Lipinski definition) is 1. The highest BCUT2D eigenvalue weighted by Gasteiger charge is 2.26. The number of nitrogens with zero attached hydrogens (tertiary/aromatic N) is 3. The highest BCUT2D eigenvalue weighted by molar-refractivity contribution is 8.01. The van der Waals surface area contributed by atoms with E-state index in [4.69, 9.17) is 9.47 Å². The molecule has 1 aromatic heterocycles. The zero-order valence-electron chi connectivity index (χ0n) is 21.1. The quantitative estimate of drug-likeness (QED) is 0.480. The Morgan fingerprint density at radius 3 is 2.30 bits per heavy atom. The van der Waals surface area contributed by atoms with Gasteiger partial charge in [0.15, 0.2) is 5.13 Å². The van der Waals surface area contributed by atoms with Gasteiger partial charge in [0.2, 0.25) is 5.91 Å². The van der Waals surface area contributed by atoms with Crippen molar-refractivity contribution < 1.29 is 23.9 Å². The van der Waals surface area contributed by atoms with Gasteiger partial charge in [-0.3, -0.25) is 19.7 Å². The lowest BCUT2D eigenvalue weighted by molar-refractivity contribution is -0.130. The van der Waals surface area contributed by atoms with E-state index in [0.717, 1.165) is 14.7 Å². The van der Waals surface area contributed by atoms with E-state index in [1.807, 2.05) is 19.1 Å². The molecule has 2 aromatic carbocycles. The van der Waals surface area contributed by atoms with Crippen molar-refractivity contribution in [1.29, 1.82) is 0 Å². The van der Waals surface area contributed by atoms with Crippen molar-refractivity contribution in [3.63, 3.8) is 0 Å². The average Bonchev–Trinajstić information content (AvgIpc) is 3.35. The van der Waals surface area contributed by atoms with E-state index in [1.54, 1.807) is 61.4 Å². The lowest BCUT2D eigenvalue weighted by Gasteiger charge is -2.34. The molecule has 1 aliphatic heterocycles. The normalized spacial score (nSPS) is 13.3. The third kappa shape index (κ3) is 6.23. The van der Waals surface area contributed by atoms with Gasteiger partial charge in [0, 0.05) is 43.6 Å². The van der Waals surface area contributed by atoms with Crippen molar-refractivity contribution in [3.8, 4) is 11.5 Å². The molecule has 3 amide bonds. The SMILES string of the molecule is COc1ccc(C(=O)Nc2ncc(Sc3cc(C(=O)N4CCN(C(C)=O)CC4)c(OC)cc3C)s2)cc1. The number of rotatable bonds is 7. The molecule has 194 valence electrons. The van der Waals surface area contributed by atoms with E-state index >= 15 is 0 Å². The Morgan fingerprint density at radius 1 is 1.00 bits per heavy atom. The van der Waals surface area contributed by atoms with Crippen LogP contribution in [0.15, 0.2) is 51.7 Å². The van der Waals surface area contributed by atoms with E-state index in [-0.39, 0.29) is 17.7 Å². The molecule has 1 fully saturated rings. The lowest BCUT2D eigenvalue weighted by atomic mass is 10.1. The molecule has 11 heteroatoms. The number of methoxy groups -OCH3 is 2. The van der Waals surface area contributed by atoms with Crippen molar-refractivity contribution >= 4 is 46.0 Å². The van der Waals surface area contributed by atoms with Gasteiger partial charge in [0.1, 0.15) is 11.5 Å². The second-order valence-electron chi connectivity index (χ2n) is 8.39. The number of nitrogens with one attached hydrogen (secondary N) is 1. The topological polar surface area (TPSA) is 101 Å². The number of anilines is 1. The van der Waals surface area contributed by atoms with Gasteiger partial charge >= 0.3 is 0 Å². The summed E-state index contributed by atoms with van der Waals surface area (Å²) in [4.78, 5) is 46.3. The van der Waals surface area contributed by atoms with Crippen LogP contribution in [0.4, 0.5) is 5.13 Å². The molecule has 0 radical (unpaired) electrons. The highest BCUT2D eigenvalue weighted by atomic mass is 32.2. The predicted molar refractivity (Wildman–Crippen MR) is 143 cm³/mol. The molecule has 4 rings (SSSR count). The van der Waals surface area contributed by atoms with Crippen LogP contribution < -0.4 is 14.8 Å². The molecule has 1 saturated heterocycles. The lowest BCUT2D eigenvalue weighted by Crippen LogP contribution is -2.50. The fourth-order valence-corrected chi connectivity index (χ4v) is 5.82. The third-order valence-corrected chi connectivity index (χ3v) is 8.18. The molecule has 0 aliphatic carbocycles. The van der Waals surface area contributed by atoms with Gasteiger partial charge in [-0.25, -0.2) is 4.98 Å². The van der Waals surface area contributed by atoms with Crippen LogP contribution in [0, 0.1) is 6.92 Å². The van der Waals surface area contributed by atoms with E-state index in [1.165, 1.54) is 23.1 Å². The number of carbonyl (C=O) groups excluding carboxylic acids is 3. The van der Waals surface area contributed by atoms with Crippen LogP contribution in [-0.4, -0.2) is 72.9 Å². The fraction of sp³-hybridized carbons (Fsp3) is 0.308. The zero-order chi connectivity index (χ0) is 26.5. The molecular formula is C26H28N4O5S2. The van der Waals surface area contributed by atoms with Crippen LogP contribution in [-0.2, 0) is 4.79 Å². The number of ether oxygens (including phenoxy) is 2. The number of hydrogen-bond acceptors (Lipinski definition) is 8. The summed E-state index contributed by atoms with van der Waals surface area (Å²) in [6.45, 7) is 5.48. The van der Waals surface area contributed by atoms with E-state index in [0.29, 0.717) is 53.9 Å². The van der Waals surface area contributed by atoms with Crippen LogP contribution in [0.1, 0.15) is 33.2 Å². The fourth-order valence-electron chi connectivity index (χ4n) is 3.89. The van der Waals surface area contributed by atoms with Crippen molar-refractivity contribution in [3.05, 3.63) is 59.3 Å². The molecule has 9 nitrogen and oxygen atoms in total.